The molecule has 0 fully saturated rings. The fourth-order valence-corrected chi connectivity index (χ4v) is 9.24. The van der Waals surface area contributed by atoms with Crippen LogP contribution in [0.5, 0.6) is 5.75 Å². The summed E-state index contributed by atoms with van der Waals surface area (Å²) in [6.07, 6.45) is 0. The minimum atomic E-state index is -6.22. The molecule has 0 atom stereocenters. The molecule has 8 aromatic carbocycles. The van der Waals surface area contributed by atoms with Crippen LogP contribution in [-0.2, 0) is 10.1 Å². The first kappa shape index (κ1) is 34.9. The van der Waals surface area contributed by atoms with E-state index < -0.39 is 21.4 Å². The molecule has 0 aliphatic heterocycles. The summed E-state index contributed by atoms with van der Waals surface area (Å²) in [7, 11) is -6.22. The van der Waals surface area contributed by atoms with Crippen molar-refractivity contribution < 1.29 is 30.2 Å². The Morgan fingerprint density at radius 3 is 1.51 bits per heavy atom. The second kappa shape index (κ2) is 12.9. The van der Waals surface area contributed by atoms with Crippen molar-refractivity contribution in [1.29, 1.82) is 0 Å². The third-order valence-corrected chi connectivity index (χ3v) is 12.0. The van der Waals surface area contributed by atoms with Crippen LogP contribution in [0.4, 0.5) is 13.2 Å². The van der Waals surface area contributed by atoms with Gasteiger partial charge in [-0.1, -0.05) is 115 Å². The number of rotatable bonds is 6. The highest BCUT2D eigenvalue weighted by Crippen LogP contribution is 2.53. The predicted octanol–water partition coefficient (Wildman–Crippen LogP) is 13.3. The molecule has 0 unspecified atom stereocenters. The van der Waals surface area contributed by atoms with Crippen molar-refractivity contribution in [3.05, 3.63) is 176 Å². The number of fused-ring (bicyclic) bond motifs is 9. The Hall–Kier alpha value is -7.30. The van der Waals surface area contributed by atoms with E-state index in [0.717, 1.165) is 44.2 Å². The highest BCUT2D eigenvalue weighted by Gasteiger charge is 2.49. The maximum Gasteiger partial charge on any atom is 0.534 e. The highest BCUT2D eigenvalue weighted by atomic mass is 32.2. The van der Waals surface area contributed by atoms with Gasteiger partial charge in [0.05, 0.1) is 22.1 Å². The van der Waals surface area contributed by atoms with Gasteiger partial charge >= 0.3 is 15.6 Å². The Morgan fingerprint density at radius 2 is 0.932 bits per heavy atom. The van der Waals surface area contributed by atoms with Gasteiger partial charge in [0.15, 0.2) is 5.75 Å². The van der Waals surface area contributed by atoms with E-state index in [1.165, 1.54) is 0 Å². The van der Waals surface area contributed by atoms with Gasteiger partial charge in [0.2, 0.25) is 0 Å². The van der Waals surface area contributed by atoms with Gasteiger partial charge in [-0.25, -0.2) is 0 Å². The number of nitrogens with zero attached hydrogens (tertiary/aromatic N) is 2. The summed E-state index contributed by atoms with van der Waals surface area (Å²) in [5.74, 6) is -0.463. The molecule has 286 valence electrons. The lowest BCUT2D eigenvalue weighted by Crippen LogP contribution is -2.28. The molecule has 0 saturated carbocycles. The molecule has 0 saturated heterocycles. The van der Waals surface area contributed by atoms with Gasteiger partial charge in [-0.2, -0.15) is 21.6 Å². The van der Waals surface area contributed by atoms with Crippen LogP contribution in [0.15, 0.2) is 180 Å². The zero-order chi connectivity index (χ0) is 40.0. The van der Waals surface area contributed by atoms with Crippen LogP contribution in [0.25, 0.3) is 99.2 Å². The number of aromatic nitrogens is 2. The molecular weight excluding hydrogens is 770 g/mol. The van der Waals surface area contributed by atoms with Gasteiger partial charge in [-0.15, -0.1) is 0 Å². The minimum Gasteiger partial charge on any atom is -0.456 e. The Morgan fingerprint density at radius 1 is 0.458 bits per heavy atom. The molecule has 11 aromatic rings. The van der Waals surface area contributed by atoms with Gasteiger partial charge < -0.3 is 17.7 Å². The van der Waals surface area contributed by atoms with Crippen molar-refractivity contribution in [1.82, 2.24) is 9.13 Å². The van der Waals surface area contributed by atoms with Crippen LogP contribution in [0.2, 0.25) is 0 Å². The molecule has 0 aliphatic carbocycles. The molecule has 0 amide bonds. The molecule has 11 rings (SSSR count). The monoisotopic (exact) mass is 798 g/mol. The summed E-state index contributed by atoms with van der Waals surface area (Å²) in [6.45, 7) is 0. The number of hydrogen-bond donors (Lipinski definition) is 0. The van der Waals surface area contributed by atoms with Crippen LogP contribution in [0.1, 0.15) is 0 Å². The molecular formula is C49H29F3N2O4S. The average Bonchev–Trinajstić information content (AvgIpc) is 3.91. The van der Waals surface area contributed by atoms with E-state index in [2.05, 4.69) is 9.13 Å². The summed E-state index contributed by atoms with van der Waals surface area (Å²) in [5, 5.41) is 4.02. The molecule has 59 heavy (non-hydrogen) atoms. The summed E-state index contributed by atoms with van der Waals surface area (Å²) in [4.78, 5) is 0. The van der Waals surface area contributed by atoms with Crippen LogP contribution < -0.4 is 4.18 Å². The smallest absolute Gasteiger partial charge is 0.456 e. The van der Waals surface area contributed by atoms with Gasteiger partial charge in [0.25, 0.3) is 0 Å². The fraction of sp³-hybridized carbons (Fsp3) is 0.0204. The lowest BCUT2D eigenvalue weighted by atomic mass is 9.89. The number of alkyl halides is 3. The van der Waals surface area contributed by atoms with E-state index in [4.69, 9.17) is 8.60 Å². The van der Waals surface area contributed by atoms with E-state index in [1.54, 1.807) is 24.3 Å². The SMILES string of the molecule is O=S(=O)(Oc1c(-c2cccc3c2c2ccccc2n3-c2ccccc2)cc2oc3ccccc3c2c1-c1cccc2c1c1ccccc1n2-c1ccccc1)C(F)(F)F. The summed E-state index contributed by atoms with van der Waals surface area (Å²) >= 11 is 0. The molecule has 10 heteroatoms. The number of hydrogen-bond acceptors (Lipinski definition) is 4. The fourth-order valence-electron chi connectivity index (χ4n) is 8.75. The van der Waals surface area contributed by atoms with Crippen LogP contribution >= 0.6 is 0 Å². The van der Waals surface area contributed by atoms with E-state index in [-0.39, 0.29) is 11.1 Å². The van der Waals surface area contributed by atoms with Crippen molar-refractivity contribution in [2.75, 3.05) is 0 Å². The topological polar surface area (TPSA) is 66.4 Å². The van der Waals surface area contributed by atoms with Gasteiger partial charge in [0, 0.05) is 54.8 Å². The molecule has 3 heterocycles. The number of benzene rings is 8. The first-order chi connectivity index (χ1) is 28.7. The average molecular weight is 799 g/mol. The van der Waals surface area contributed by atoms with E-state index in [0.29, 0.717) is 43.8 Å². The molecule has 0 aliphatic rings. The Kier molecular flexibility index (Phi) is 7.61. The molecule has 0 N–H and O–H groups in total. The van der Waals surface area contributed by atoms with Gasteiger partial charge in [-0.05, 0) is 71.8 Å². The zero-order valence-corrected chi connectivity index (χ0v) is 31.6. The van der Waals surface area contributed by atoms with Crippen LogP contribution in [-0.4, -0.2) is 23.1 Å². The predicted molar refractivity (Wildman–Crippen MR) is 229 cm³/mol. The Labute approximate surface area is 334 Å². The third kappa shape index (κ3) is 5.23. The maximum atomic E-state index is 14.7. The maximum absolute atomic E-state index is 14.7. The molecule has 0 spiro atoms. The number of halogens is 3. The Bertz CT molecular complexity index is 3590. The first-order valence-electron chi connectivity index (χ1n) is 18.8. The van der Waals surface area contributed by atoms with Crippen LogP contribution in [0, 0.1) is 0 Å². The van der Waals surface area contributed by atoms with Gasteiger partial charge in [-0.3, -0.25) is 0 Å². The van der Waals surface area contributed by atoms with E-state index in [1.807, 2.05) is 152 Å². The lowest BCUT2D eigenvalue weighted by molar-refractivity contribution is -0.0499. The number of furan rings is 1. The quantitative estimate of drug-likeness (QED) is 0.124. The third-order valence-electron chi connectivity index (χ3n) is 11.1. The zero-order valence-electron chi connectivity index (χ0n) is 30.8. The molecule has 6 nitrogen and oxygen atoms in total. The van der Waals surface area contributed by atoms with E-state index >= 15 is 0 Å². The minimum absolute atomic E-state index is 0.116. The van der Waals surface area contributed by atoms with Crippen molar-refractivity contribution in [2.45, 2.75) is 5.51 Å². The summed E-state index contributed by atoms with van der Waals surface area (Å²) < 4.78 is 87.2. The molecule has 0 radical (unpaired) electrons. The van der Waals surface area contributed by atoms with Crippen molar-refractivity contribution in [3.63, 3.8) is 0 Å². The normalized spacial score (nSPS) is 12.5. The second-order valence-electron chi connectivity index (χ2n) is 14.4. The second-order valence-corrected chi connectivity index (χ2v) is 15.9. The summed E-state index contributed by atoms with van der Waals surface area (Å²) in [6, 6.07) is 55.0. The molecule has 3 aromatic heterocycles. The lowest BCUT2D eigenvalue weighted by Gasteiger charge is -2.19. The van der Waals surface area contributed by atoms with Crippen molar-refractivity contribution in [3.8, 4) is 39.4 Å². The van der Waals surface area contributed by atoms with Crippen molar-refractivity contribution in [2.24, 2.45) is 0 Å². The largest absolute Gasteiger partial charge is 0.534 e. The van der Waals surface area contributed by atoms with E-state index in [9.17, 15) is 21.6 Å². The van der Waals surface area contributed by atoms with Gasteiger partial charge in [0.1, 0.15) is 11.2 Å². The molecule has 0 bridgehead atoms. The summed E-state index contributed by atoms with van der Waals surface area (Å²) in [5.41, 5.74) is 1.28. The van der Waals surface area contributed by atoms with Crippen LogP contribution in [0.3, 0.4) is 0 Å². The Balaban J connectivity index is 1.35. The first-order valence-corrected chi connectivity index (χ1v) is 20.3. The van der Waals surface area contributed by atoms with Crippen molar-refractivity contribution >= 4 is 75.7 Å². The number of para-hydroxylation sites is 5. The highest BCUT2D eigenvalue weighted by molar-refractivity contribution is 7.88. The standard InChI is InChI=1S/C49H29F3N2O4S/c50-49(51,52)59(55,56)58-48-37(32-22-13-26-40-44(32)33-19-7-10-24-38(33)53(40)30-15-3-1-4-16-30)29-43-46(35-21-9-12-28-42(35)57-43)47(48)36-23-14-27-41-45(36)34-20-8-11-25-39(34)54(41)31-17-5-2-6-18-31/h1-29H.